The number of thiocarbonyl (C=S) groups is 1. The normalized spacial score (nSPS) is 22.5. The second-order valence-electron chi connectivity index (χ2n) is 3.14. The van der Waals surface area contributed by atoms with Crippen molar-refractivity contribution >= 4 is 27.2 Å². The molecule has 1 saturated heterocycles. The van der Waals surface area contributed by atoms with Gasteiger partial charge in [0.15, 0.2) is 0 Å². The number of nitrogens with one attached hydrogen (secondary N) is 1. The third-order valence-corrected chi connectivity index (χ3v) is 3.37. The Labute approximate surface area is 94.2 Å². The van der Waals surface area contributed by atoms with Crippen molar-refractivity contribution in [2.45, 2.75) is 6.10 Å². The first-order valence-electron chi connectivity index (χ1n) is 4.44. The molecule has 1 rings (SSSR count). The molecule has 0 radical (unpaired) electrons. The molecule has 3 N–H and O–H groups in total. The van der Waals surface area contributed by atoms with Crippen molar-refractivity contribution in [1.29, 1.82) is 0 Å². The maximum absolute atomic E-state index is 11.3. The fraction of sp³-hybridized carbons (Fsp3) is 0.857. The molecular weight excluding hydrogens is 240 g/mol. The quantitative estimate of drug-likeness (QED) is 0.587. The van der Waals surface area contributed by atoms with E-state index in [-0.39, 0.29) is 23.4 Å². The standard InChI is InChI=1S/C7H14N2O4S2/c8-7(14)5-15(10,11)9-3-6-4-12-1-2-13-6/h6,9H,1-5H2,(H2,8,14). The Morgan fingerprint density at radius 1 is 1.53 bits per heavy atom. The predicted octanol–water partition coefficient (Wildman–Crippen LogP) is -1.39. The summed E-state index contributed by atoms with van der Waals surface area (Å²) in [7, 11) is -3.43. The van der Waals surface area contributed by atoms with Gasteiger partial charge in [-0.25, -0.2) is 13.1 Å². The number of hydrogen-bond acceptors (Lipinski definition) is 5. The molecule has 0 aromatic rings. The number of nitrogens with two attached hydrogens (primary N) is 1. The van der Waals surface area contributed by atoms with Gasteiger partial charge in [0.2, 0.25) is 10.0 Å². The van der Waals surface area contributed by atoms with Gasteiger partial charge in [0.05, 0.1) is 30.9 Å². The predicted molar refractivity (Wildman–Crippen MR) is 59.1 cm³/mol. The van der Waals surface area contributed by atoms with E-state index in [4.69, 9.17) is 15.2 Å². The monoisotopic (exact) mass is 254 g/mol. The smallest absolute Gasteiger partial charge is 0.218 e. The molecule has 0 spiro atoms. The van der Waals surface area contributed by atoms with Crippen molar-refractivity contribution in [3.63, 3.8) is 0 Å². The Morgan fingerprint density at radius 3 is 2.80 bits per heavy atom. The maximum Gasteiger partial charge on any atom is 0.218 e. The van der Waals surface area contributed by atoms with E-state index in [0.29, 0.717) is 19.8 Å². The van der Waals surface area contributed by atoms with Gasteiger partial charge in [-0.15, -0.1) is 0 Å². The molecular formula is C7H14N2O4S2. The largest absolute Gasteiger partial charge is 0.392 e. The van der Waals surface area contributed by atoms with E-state index in [0.717, 1.165) is 0 Å². The zero-order chi connectivity index (χ0) is 11.3. The Morgan fingerprint density at radius 2 is 2.27 bits per heavy atom. The highest BCUT2D eigenvalue weighted by Crippen LogP contribution is 1.99. The Hall–Kier alpha value is -0.280. The molecule has 0 aromatic carbocycles. The van der Waals surface area contributed by atoms with E-state index >= 15 is 0 Å². The molecule has 1 atom stereocenters. The van der Waals surface area contributed by atoms with E-state index < -0.39 is 10.0 Å². The van der Waals surface area contributed by atoms with Crippen molar-refractivity contribution in [2.24, 2.45) is 5.73 Å². The van der Waals surface area contributed by atoms with Gasteiger partial charge in [-0.05, 0) is 0 Å². The average Bonchev–Trinajstić information content (AvgIpc) is 2.15. The third-order valence-electron chi connectivity index (χ3n) is 1.75. The summed E-state index contributed by atoms with van der Waals surface area (Å²) in [5.41, 5.74) is 5.14. The van der Waals surface area contributed by atoms with Crippen LogP contribution in [0, 0.1) is 0 Å². The van der Waals surface area contributed by atoms with E-state index in [1.807, 2.05) is 0 Å². The first-order chi connectivity index (χ1) is 6.99. The second kappa shape index (κ2) is 5.71. The minimum atomic E-state index is -3.43. The fourth-order valence-corrected chi connectivity index (χ4v) is 2.49. The van der Waals surface area contributed by atoms with Crippen LogP contribution < -0.4 is 10.5 Å². The second-order valence-corrected chi connectivity index (χ2v) is 5.47. The van der Waals surface area contributed by atoms with Crippen molar-refractivity contribution < 1.29 is 17.9 Å². The van der Waals surface area contributed by atoms with E-state index in [1.165, 1.54) is 0 Å². The van der Waals surface area contributed by atoms with E-state index in [1.54, 1.807) is 0 Å². The molecule has 88 valence electrons. The van der Waals surface area contributed by atoms with Crippen LogP contribution >= 0.6 is 12.2 Å². The molecule has 0 saturated carbocycles. The van der Waals surface area contributed by atoms with Crippen LogP contribution in [0.3, 0.4) is 0 Å². The molecule has 0 aliphatic carbocycles. The topological polar surface area (TPSA) is 90.7 Å². The molecule has 0 aromatic heterocycles. The summed E-state index contributed by atoms with van der Waals surface area (Å²) < 4.78 is 35.4. The van der Waals surface area contributed by atoms with Gasteiger partial charge in [-0.3, -0.25) is 0 Å². The summed E-state index contributed by atoms with van der Waals surface area (Å²) in [5, 5.41) is 0. The average molecular weight is 254 g/mol. The molecule has 15 heavy (non-hydrogen) atoms. The summed E-state index contributed by atoms with van der Waals surface area (Å²) in [6.07, 6.45) is -0.236. The SMILES string of the molecule is NC(=S)CS(=O)(=O)NCC1COCCO1. The summed E-state index contributed by atoms with van der Waals surface area (Å²) in [5.74, 6) is -0.337. The van der Waals surface area contributed by atoms with E-state index in [2.05, 4.69) is 16.9 Å². The molecule has 8 heteroatoms. The summed E-state index contributed by atoms with van der Waals surface area (Å²) >= 11 is 4.52. The van der Waals surface area contributed by atoms with Crippen LogP contribution in [0.5, 0.6) is 0 Å². The van der Waals surface area contributed by atoms with Crippen LogP contribution in [-0.4, -0.2) is 51.6 Å². The lowest BCUT2D eigenvalue weighted by Gasteiger charge is -2.22. The zero-order valence-corrected chi connectivity index (χ0v) is 9.77. The lowest BCUT2D eigenvalue weighted by molar-refractivity contribution is -0.0846. The van der Waals surface area contributed by atoms with Gasteiger partial charge in [0, 0.05) is 6.54 Å². The maximum atomic E-state index is 11.3. The molecule has 1 unspecified atom stereocenters. The van der Waals surface area contributed by atoms with Crippen LogP contribution in [0.1, 0.15) is 0 Å². The summed E-state index contributed by atoms with van der Waals surface area (Å²) in [6.45, 7) is 1.62. The van der Waals surface area contributed by atoms with Gasteiger partial charge >= 0.3 is 0 Å². The number of rotatable bonds is 5. The minimum Gasteiger partial charge on any atom is -0.392 e. The fourth-order valence-electron chi connectivity index (χ4n) is 1.11. The van der Waals surface area contributed by atoms with Crippen molar-refractivity contribution in [2.75, 3.05) is 32.1 Å². The zero-order valence-electron chi connectivity index (χ0n) is 8.14. The van der Waals surface area contributed by atoms with Gasteiger partial charge in [-0.2, -0.15) is 0 Å². The molecule has 1 aliphatic heterocycles. The molecule has 1 aliphatic rings. The van der Waals surface area contributed by atoms with Gasteiger partial charge in [-0.1, -0.05) is 12.2 Å². The van der Waals surface area contributed by atoms with Crippen LogP contribution in [0.2, 0.25) is 0 Å². The highest BCUT2D eigenvalue weighted by Gasteiger charge is 2.18. The highest BCUT2D eigenvalue weighted by molar-refractivity contribution is 7.92. The van der Waals surface area contributed by atoms with Gasteiger partial charge in [0.1, 0.15) is 5.75 Å². The van der Waals surface area contributed by atoms with E-state index in [9.17, 15) is 8.42 Å². The van der Waals surface area contributed by atoms with Crippen LogP contribution in [0.4, 0.5) is 0 Å². The first-order valence-corrected chi connectivity index (χ1v) is 6.50. The highest BCUT2D eigenvalue weighted by atomic mass is 32.2. The van der Waals surface area contributed by atoms with Crippen LogP contribution in [-0.2, 0) is 19.5 Å². The molecule has 1 fully saturated rings. The third kappa shape index (κ3) is 5.38. The van der Waals surface area contributed by atoms with Crippen molar-refractivity contribution in [3.8, 4) is 0 Å². The number of sulfonamides is 1. The molecule has 1 heterocycles. The molecule has 0 amide bonds. The van der Waals surface area contributed by atoms with Crippen LogP contribution in [0.25, 0.3) is 0 Å². The molecule has 0 bridgehead atoms. The Bertz CT molecular complexity index is 311. The Balaban J connectivity index is 2.31. The lowest BCUT2D eigenvalue weighted by Crippen LogP contribution is -2.41. The first kappa shape index (κ1) is 12.8. The lowest BCUT2D eigenvalue weighted by atomic mass is 10.3. The number of ether oxygens (including phenoxy) is 2. The van der Waals surface area contributed by atoms with Gasteiger partial charge < -0.3 is 15.2 Å². The van der Waals surface area contributed by atoms with Crippen molar-refractivity contribution in [1.82, 2.24) is 4.72 Å². The summed E-state index contributed by atoms with van der Waals surface area (Å²) in [6, 6.07) is 0. The Kier molecular flexibility index (Phi) is 4.87. The number of hydrogen-bond donors (Lipinski definition) is 2. The van der Waals surface area contributed by atoms with Crippen LogP contribution in [0.15, 0.2) is 0 Å². The molecule has 6 nitrogen and oxygen atoms in total. The summed E-state index contributed by atoms with van der Waals surface area (Å²) in [4.78, 5) is -0.0525. The minimum absolute atomic E-state index is 0.0525. The van der Waals surface area contributed by atoms with Crippen molar-refractivity contribution in [3.05, 3.63) is 0 Å². The van der Waals surface area contributed by atoms with Gasteiger partial charge in [0.25, 0.3) is 0 Å².